The maximum atomic E-state index is 8.72. The fourth-order valence-corrected chi connectivity index (χ4v) is 1.41. The topological polar surface area (TPSA) is 76.9 Å². The summed E-state index contributed by atoms with van der Waals surface area (Å²) in [4.78, 5) is 0. The second kappa shape index (κ2) is 4.58. The van der Waals surface area contributed by atoms with Crippen molar-refractivity contribution in [2.24, 2.45) is 0 Å². The third-order valence-corrected chi connectivity index (χ3v) is 2.30. The first kappa shape index (κ1) is 11.0. The number of hydrogen-bond acceptors (Lipinski definition) is 4. The monoisotopic (exact) mass is 228 g/mol. The summed E-state index contributed by atoms with van der Waals surface area (Å²) in [5.41, 5.74) is 6.73. The van der Waals surface area contributed by atoms with Crippen LogP contribution in [-0.4, -0.2) is 9.78 Å². The van der Waals surface area contributed by atoms with Crippen molar-refractivity contribution in [2.75, 3.05) is 5.73 Å². The van der Waals surface area contributed by atoms with Gasteiger partial charge in [0.15, 0.2) is 11.5 Å². The molecule has 0 spiro atoms. The third-order valence-electron chi connectivity index (χ3n) is 2.30. The molecule has 0 saturated heterocycles. The molecule has 0 saturated carbocycles. The van der Waals surface area contributed by atoms with Gasteiger partial charge in [0, 0.05) is 6.54 Å². The number of ether oxygens (including phenoxy) is 1. The minimum absolute atomic E-state index is 0.438. The number of rotatable bonds is 3. The van der Waals surface area contributed by atoms with Gasteiger partial charge < -0.3 is 10.5 Å². The average Bonchev–Trinajstić information content (AvgIpc) is 2.79. The Hall–Kier alpha value is -2.48. The number of nitrogen functional groups attached to an aromatic ring is 1. The van der Waals surface area contributed by atoms with Crippen LogP contribution in [0.2, 0.25) is 0 Å². The van der Waals surface area contributed by atoms with E-state index in [1.807, 2.05) is 13.0 Å². The quantitative estimate of drug-likeness (QED) is 0.816. The first-order valence-corrected chi connectivity index (χ1v) is 5.23. The molecular formula is C12H12N4O. The molecule has 2 N–H and O–H groups in total. The largest absolute Gasteiger partial charge is 0.452 e. The first-order valence-electron chi connectivity index (χ1n) is 5.23. The zero-order valence-corrected chi connectivity index (χ0v) is 9.42. The summed E-state index contributed by atoms with van der Waals surface area (Å²) in [6.45, 7) is 2.78. The van der Waals surface area contributed by atoms with Crippen molar-refractivity contribution >= 4 is 5.69 Å². The highest BCUT2D eigenvalue weighted by Gasteiger charge is 2.05. The Bertz CT molecular complexity index is 568. The van der Waals surface area contributed by atoms with E-state index in [0.717, 1.165) is 6.54 Å². The molecule has 2 aromatic rings. The molecule has 0 fully saturated rings. The highest BCUT2D eigenvalue weighted by molar-refractivity contribution is 5.57. The zero-order valence-electron chi connectivity index (χ0n) is 9.42. The zero-order chi connectivity index (χ0) is 12.3. The maximum Gasteiger partial charge on any atom is 0.165 e. The van der Waals surface area contributed by atoms with Gasteiger partial charge in [0.1, 0.15) is 0 Å². The van der Waals surface area contributed by atoms with Crippen molar-refractivity contribution in [1.29, 1.82) is 5.26 Å². The Morgan fingerprint density at radius 2 is 2.35 bits per heavy atom. The minimum atomic E-state index is 0.438. The molecule has 0 aliphatic heterocycles. The summed E-state index contributed by atoms with van der Waals surface area (Å²) in [6, 6.07) is 6.94. The van der Waals surface area contributed by atoms with Crippen LogP contribution in [0.3, 0.4) is 0 Å². The van der Waals surface area contributed by atoms with Crippen molar-refractivity contribution in [3.8, 4) is 17.6 Å². The van der Waals surface area contributed by atoms with Crippen LogP contribution in [0.5, 0.6) is 11.5 Å². The number of aromatic nitrogens is 2. The summed E-state index contributed by atoms with van der Waals surface area (Å²) in [6.07, 6.45) is 3.42. The second-order valence-electron chi connectivity index (χ2n) is 3.50. The highest BCUT2D eigenvalue weighted by atomic mass is 16.5. The Morgan fingerprint density at radius 3 is 2.94 bits per heavy atom. The molecule has 0 aliphatic rings. The minimum Gasteiger partial charge on any atom is -0.452 e. The Labute approximate surface area is 99.0 Å². The molecule has 86 valence electrons. The number of nitriles is 1. The summed E-state index contributed by atoms with van der Waals surface area (Å²) in [5.74, 6) is 1.16. The molecule has 5 nitrogen and oxygen atoms in total. The van der Waals surface area contributed by atoms with Crippen LogP contribution < -0.4 is 10.5 Å². The number of hydrogen-bond donors (Lipinski definition) is 1. The SMILES string of the molecule is CCn1cc(Oc2ccc(C#N)cc2N)cn1. The van der Waals surface area contributed by atoms with Gasteiger partial charge in [-0.1, -0.05) is 0 Å². The molecule has 1 aromatic heterocycles. The van der Waals surface area contributed by atoms with E-state index in [0.29, 0.717) is 22.7 Å². The van der Waals surface area contributed by atoms with Crippen molar-refractivity contribution in [1.82, 2.24) is 9.78 Å². The Kier molecular flexibility index (Phi) is 2.97. The molecule has 0 atom stereocenters. The smallest absolute Gasteiger partial charge is 0.165 e. The van der Waals surface area contributed by atoms with E-state index in [1.165, 1.54) is 0 Å². The summed E-state index contributed by atoms with van der Waals surface area (Å²) in [7, 11) is 0. The van der Waals surface area contributed by atoms with Gasteiger partial charge in [-0.25, -0.2) is 0 Å². The van der Waals surface area contributed by atoms with Crippen LogP contribution >= 0.6 is 0 Å². The van der Waals surface area contributed by atoms with Crippen molar-refractivity contribution in [3.63, 3.8) is 0 Å². The molecule has 17 heavy (non-hydrogen) atoms. The van der Waals surface area contributed by atoms with Gasteiger partial charge in [0.2, 0.25) is 0 Å². The lowest BCUT2D eigenvalue weighted by Gasteiger charge is -2.05. The van der Waals surface area contributed by atoms with Crippen LogP contribution in [0, 0.1) is 11.3 Å². The van der Waals surface area contributed by atoms with Crippen LogP contribution in [0.1, 0.15) is 12.5 Å². The molecule has 0 amide bonds. The third kappa shape index (κ3) is 2.37. The van der Waals surface area contributed by atoms with Crippen molar-refractivity contribution < 1.29 is 4.74 Å². The first-order chi connectivity index (χ1) is 8.22. The molecule has 5 heteroatoms. The summed E-state index contributed by atoms with van der Waals surface area (Å²) < 4.78 is 7.33. The van der Waals surface area contributed by atoms with E-state index in [1.54, 1.807) is 35.3 Å². The van der Waals surface area contributed by atoms with Crippen LogP contribution in [0.25, 0.3) is 0 Å². The molecule has 2 rings (SSSR count). The fourth-order valence-electron chi connectivity index (χ4n) is 1.41. The molecule has 0 radical (unpaired) electrons. The Morgan fingerprint density at radius 1 is 1.53 bits per heavy atom. The molecule has 1 aromatic carbocycles. The number of nitrogens with zero attached hydrogens (tertiary/aromatic N) is 3. The standard InChI is InChI=1S/C12H12N4O/c1-2-16-8-10(7-15-16)17-12-4-3-9(6-13)5-11(12)14/h3-5,7-8H,2,14H2,1H3. The number of benzene rings is 1. The van der Waals surface area contributed by atoms with Crippen molar-refractivity contribution in [2.45, 2.75) is 13.5 Å². The lowest BCUT2D eigenvalue weighted by Crippen LogP contribution is -1.93. The number of aryl methyl sites for hydroxylation is 1. The van der Waals surface area contributed by atoms with E-state index in [-0.39, 0.29) is 0 Å². The van der Waals surface area contributed by atoms with E-state index >= 15 is 0 Å². The van der Waals surface area contributed by atoms with Gasteiger partial charge in [-0.2, -0.15) is 10.4 Å². The van der Waals surface area contributed by atoms with Crippen LogP contribution in [0.4, 0.5) is 5.69 Å². The normalized spacial score (nSPS) is 9.88. The predicted molar refractivity (Wildman–Crippen MR) is 63.5 cm³/mol. The molecule has 1 heterocycles. The van der Waals surface area contributed by atoms with Crippen LogP contribution in [-0.2, 0) is 6.54 Å². The van der Waals surface area contributed by atoms with E-state index < -0.39 is 0 Å². The van der Waals surface area contributed by atoms with Crippen molar-refractivity contribution in [3.05, 3.63) is 36.2 Å². The number of nitrogens with two attached hydrogens (primary N) is 1. The van der Waals surface area contributed by atoms with Gasteiger partial charge in [-0.05, 0) is 25.1 Å². The van der Waals surface area contributed by atoms with E-state index in [4.69, 9.17) is 15.7 Å². The van der Waals surface area contributed by atoms with Gasteiger partial charge in [-0.3, -0.25) is 4.68 Å². The molecule has 0 unspecified atom stereocenters. The lowest BCUT2D eigenvalue weighted by atomic mass is 10.2. The average molecular weight is 228 g/mol. The van der Waals surface area contributed by atoms with E-state index in [9.17, 15) is 0 Å². The molecular weight excluding hydrogens is 216 g/mol. The van der Waals surface area contributed by atoms with Gasteiger partial charge >= 0.3 is 0 Å². The highest BCUT2D eigenvalue weighted by Crippen LogP contribution is 2.27. The van der Waals surface area contributed by atoms with E-state index in [2.05, 4.69) is 5.10 Å². The predicted octanol–water partition coefficient (Wildman–Crippen LogP) is 2.15. The maximum absolute atomic E-state index is 8.72. The summed E-state index contributed by atoms with van der Waals surface area (Å²) in [5, 5.41) is 12.8. The summed E-state index contributed by atoms with van der Waals surface area (Å²) >= 11 is 0. The lowest BCUT2D eigenvalue weighted by molar-refractivity contribution is 0.483. The van der Waals surface area contributed by atoms with Crippen LogP contribution in [0.15, 0.2) is 30.6 Å². The second-order valence-corrected chi connectivity index (χ2v) is 3.50. The van der Waals surface area contributed by atoms with Gasteiger partial charge in [0.05, 0.1) is 29.7 Å². The fraction of sp³-hybridized carbons (Fsp3) is 0.167. The Balaban J connectivity index is 2.21. The number of anilines is 1. The molecule has 0 aliphatic carbocycles. The molecule has 0 bridgehead atoms. The van der Waals surface area contributed by atoms with Gasteiger partial charge in [0.25, 0.3) is 0 Å². The van der Waals surface area contributed by atoms with Gasteiger partial charge in [-0.15, -0.1) is 0 Å².